The number of allylic oxidation sites excluding steroid dienone is 1. The highest BCUT2D eigenvalue weighted by molar-refractivity contribution is 6.74. The van der Waals surface area contributed by atoms with E-state index >= 15 is 0 Å². The predicted molar refractivity (Wildman–Crippen MR) is 93.2 cm³/mol. The van der Waals surface area contributed by atoms with E-state index in [9.17, 15) is 4.79 Å². The Bertz CT molecular complexity index is 528. The van der Waals surface area contributed by atoms with Crippen molar-refractivity contribution in [1.82, 2.24) is 0 Å². The van der Waals surface area contributed by atoms with Gasteiger partial charge in [0.25, 0.3) is 0 Å². The zero-order chi connectivity index (χ0) is 17.4. The van der Waals surface area contributed by atoms with Gasteiger partial charge in [-0.1, -0.05) is 39.3 Å². The molecule has 0 saturated carbocycles. The standard InChI is InChI=1S/C18H30O4Si/c1-8-12-9-10-13-14(16(19)20-5)11-21-17(15(12)13)22-23(6,7)18(2,3)4/h9,11,13,15,17H,8,10H2,1-7H3/t13-,15-,17+/m1/s1. The number of fused-ring (bicyclic) bond motifs is 1. The number of carbonyl (C=O) groups excluding carboxylic acids is 1. The van der Waals surface area contributed by atoms with Crippen molar-refractivity contribution in [2.75, 3.05) is 7.11 Å². The van der Waals surface area contributed by atoms with E-state index in [1.54, 1.807) is 6.26 Å². The molecule has 2 aliphatic rings. The largest absolute Gasteiger partial charge is 0.472 e. The molecular formula is C18H30O4Si. The van der Waals surface area contributed by atoms with Crippen LogP contribution in [0.4, 0.5) is 0 Å². The third-order valence-electron chi connectivity index (χ3n) is 5.56. The smallest absolute Gasteiger partial charge is 0.337 e. The minimum atomic E-state index is -1.95. The summed E-state index contributed by atoms with van der Waals surface area (Å²) in [7, 11) is -0.534. The van der Waals surface area contributed by atoms with Gasteiger partial charge in [0.1, 0.15) is 0 Å². The number of ether oxygens (including phenoxy) is 2. The highest BCUT2D eigenvalue weighted by atomic mass is 28.4. The molecule has 1 aliphatic heterocycles. The number of hydrogen-bond acceptors (Lipinski definition) is 4. The van der Waals surface area contributed by atoms with E-state index < -0.39 is 8.32 Å². The maximum Gasteiger partial charge on any atom is 0.337 e. The molecule has 0 bridgehead atoms. The lowest BCUT2D eigenvalue weighted by Crippen LogP contribution is -2.48. The molecule has 3 atom stereocenters. The zero-order valence-corrected chi connectivity index (χ0v) is 16.4. The van der Waals surface area contributed by atoms with Gasteiger partial charge in [0.15, 0.2) is 14.6 Å². The van der Waals surface area contributed by atoms with Crippen molar-refractivity contribution in [2.45, 2.75) is 65.0 Å². The summed E-state index contributed by atoms with van der Waals surface area (Å²) in [5.41, 5.74) is 1.96. The second-order valence-electron chi connectivity index (χ2n) is 7.95. The normalized spacial score (nSPS) is 27.7. The van der Waals surface area contributed by atoms with E-state index in [2.05, 4.69) is 46.9 Å². The highest BCUT2D eigenvalue weighted by Gasteiger charge is 2.48. The summed E-state index contributed by atoms with van der Waals surface area (Å²) in [5, 5.41) is 0.118. The average molecular weight is 339 g/mol. The number of hydrogen-bond donors (Lipinski definition) is 0. The van der Waals surface area contributed by atoms with Crippen molar-refractivity contribution < 1.29 is 18.7 Å². The third-order valence-corrected chi connectivity index (χ3v) is 10.00. The summed E-state index contributed by atoms with van der Waals surface area (Å²) in [6.07, 6.45) is 5.31. The first kappa shape index (κ1) is 18.3. The molecule has 130 valence electrons. The molecule has 0 spiro atoms. The van der Waals surface area contributed by atoms with Crippen molar-refractivity contribution in [3.8, 4) is 0 Å². The molecule has 5 heteroatoms. The lowest BCUT2D eigenvalue weighted by molar-refractivity contribution is -0.140. The van der Waals surface area contributed by atoms with Crippen LogP contribution >= 0.6 is 0 Å². The summed E-state index contributed by atoms with van der Waals surface area (Å²) in [6.45, 7) is 13.3. The van der Waals surface area contributed by atoms with Crippen LogP contribution < -0.4 is 0 Å². The van der Waals surface area contributed by atoms with Gasteiger partial charge in [-0.15, -0.1) is 0 Å². The molecule has 0 fully saturated rings. The van der Waals surface area contributed by atoms with Crippen LogP contribution in [-0.2, 0) is 18.7 Å². The minimum Gasteiger partial charge on any atom is -0.472 e. The van der Waals surface area contributed by atoms with Crippen molar-refractivity contribution >= 4 is 14.3 Å². The van der Waals surface area contributed by atoms with Gasteiger partial charge in [-0.3, -0.25) is 0 Å². The second kappa shape index (κ2) is 6.44. The molecule has 0 aromatic carbocycles. The Morgan fingerprint density at radius 1 is 1.39 bits per heavy atom. The van der Waals surface area contributed by atoms with Gasteiger partial charge in [-0.05, 0) is 31.0 Å². The number of carbonyl (C=O) groups is 1. The first-order chi connectivity index (χ1) is 10.6. The Hall–Kier alpha value is -1.07. The van der Waals surface area contributed by atoms with Crippen LogP contribution in [0.5, 0.6) is 0 Å². The molecule has 4 nitrogen and oxygen atoms in total. The lowest BCUT2D eigenvalue weighted by atomic mass is 9.83. The SMILES string of the molecule is CCC1=CC[C@@H]2C(C(=O)OC)=CO[C@@H](O[Si](C)(C)C(C)(C)C)[C@H]12. The molecule has 0 unspecified atom stereocenters. The van der Waals surface area contributed by atoms with Crippen molar-refractivity contribution in [2.24, 2.45) is 11.8 Å². The molecular weight excluding hydrogens is 308 g/mol. The van der Waals surface area contributed by atoms with E-state index in [4.69, 9.17) is 13.9 Å². The van der Waals surface area contributed by atoms with Crippen LogP contribution in [0.3, 0.4) is 0 Å². The number of rotatable bonds is 4. The maximum absolute atomic E-state index is 12.0. The van der Waals surface area contributed by atoms with Crippen molar-refractivity contribution in [1.29, 1.82) is 0 Å². The fourth-order valence-electron chi connectivity index (χ4n) is 3.08. The van der Waals surface area contributed by atoms with Crippen LogP contribution in [0.1, 0.15) is 40.5 Å². The summed E-state index contributed by atoms with van der Waals surface area (Å²) < 4.78 is 17.3. The maximum atomic E-state index is 12.0. The van der Waals surface area contributed by atoms with Gasteiger partial charge in [-0.2, -0.15) is 0 Å². The Labute approximate surface area is 141 Å². The Kier molecular flexibility index (Phi) is 5.11. The number of methoxy groups -OCH3 is 1. The highest BCUT2D eigenvalue weighted by Crippen LogP contribution is 2.47. The van der Waals surface area contributed by atoms with E-state index in [-0.39, 0.29) is 29.1 Å². The molecule has 0 aromatic rings. The second-order valence-corrected chi connectivity index (χ2v) is 12.7. The molecule has 1 heterocycles. The third kappa shape index (κ3) is 3.40. The quantitative estimate of drug-likeness (QED) is 0.433. The first-order valence-corrected chi connectivity index (χ1v) is 11.3. The molecule has 23 heavy (non-hydrogen) atoms. The van der Waals surface area contributed by atoms with Gasteiger partial charge in [0.05, 0.1) is 18.9 Å². The molecule has 1 aliphatic carbocycles. The van der Waals surface area contributed by atoms with Crippen LogP contribution in [0.2, 0.25) is 18.1 Å². The summed E-state index contributed by atoms with van der Waals surface area (Å²) in [6, 6.07) is 0. The minimum absolute atomic E-state index is 0.112. The fourth-order valence-corrected chi connectivity index (χ4v) is 4.22. The Balaban J connectivity index is 2.29. The molecule has 0 aromatic heterocycles. The van der Waals surface area contributed by atoms with Gasteiger partial charge < -0.3 is 13.9 Å². The van der Waals surface area contributed by atoms with Gasteiger partial charge >= 0.3 is 5.97 Å². The zero-order valence-electron chi connectivity index (χ0n) is 15.4. The van der Waals surface area contributed by atoms with Gasteiger partial charge in [0.2, 0.25) is 0 Å². The molecule has 0 radical (unpaired) electrons. The van der Waals surface area contributed by atoms with Gasteiger partial charge in [0, 0.05) is 11.8 Å². The summed E-state index contributed by atoms with van der Waals surface area (Å²) >= 11 is 0. The van der Waals surface area contributed by atoms with Crippen LogP contribution in [0.25, 0.3) is 0 Å². The van der Waals surface area contributed by atoms with Crippen LogP contribution in [0, 0.1) is 11.8 Å². The first-order valence-electron chi connectivity index (χ1n) is 8.43. The van der Waals surface area contributed by atoms with E-state index in [0.717, 1.165) is 12.8 Å². The molecule has 0 N–H and O–H groups in total. The summed E-state index contributed by atoms with van der Waals surface area (Å²) in [5.74, 6) is -0.0642. The Morgan fingerprint density at radius 2 is 2.04 bits per heavy atom. The fraction of sp³-hybridized carbons (Fsp3) is 0.722. The van der Waals surface area contributed by atoms with E-state index in [1.165, 1.54) is 12.7 Å². The topological polar surface area (TPSA) is 44.8 Å². The lowest BCUT2D eigenvalue weighted by Gasteiger charge is -2.43. The average Bonchev–Trinajstić information content (AvgIpc) is 2.89. The van der Waals surface area contributed by atoms with E-state index in [0.29, 0.717) is 5.57 Å². The summed E-state index contributed by atoms with van der Waals surface area (Å²) in [4.78, 5) is 12.0. The van der Waals surface area contributed by atoms with E-state index in [1.807, 2.05) is 0 Å². The van der Waals surface area contributed by atoms with Gasteiger partial charge in [-0.25, -0.2) is 4.79 Å². The molecule has 0 amide bonds. The molecule has 2 rings (SSSR count). The number of esters is 1. The predicted octanol–water partition coefficient (Wildman–Crippen LogP) is 4.39. The monoisotopic (exact) mass is 338 g/mol. The van der Waals surface area contributed by atoms with Crippen molar-refractivity contribution in [3.63, 3.8) is 0 Å². The molecule has 0 saturated heterocycles. The van der Waals surface area contributed by atoms with Crippen LogP contribution in [-0.4, -0.2) is 27.7 Å². The van der Waals surface area contributed by atoms with Crippen molar-refractivity contribution in [3.05, 3.63) is 23.5 Å². The van der Waals surface area contributed by atoms with Crippen LogP contribution in [0.15, 0.2) is 23.5 Å². The Morgan fingerprint density at radius 3 is 2.57 bits per heavy atom.